The average molecular weight is 419 g/mol. The van der Waals surface area contributed by atoms with Crippen LogP contribution in [0, 0.1) is 5.92 Å². The third-order valence-corrected chi connectivity index (χ3v) is 6.00. The standard InChI is InChI=1S/C22H34N4O2S/c1-6-25(7-2)13-10-14-26-21(28)18-11-8-9-12-19(18)24-22(26)29-17(5)20(27)23-15-16(3)4/h8-9,11-12,16-17H,6-7,10,13-15H2,1-5H3,(H,23,27). The molecular formula is C22H34N4O2S. The Kier molecular flexibility index (Phi) is 9.17. The first kappa shape index (κ1) is 23.4. The highest BCUT2D eigenvalue weighted by molar-refractivity contribution is 8.00. The van der Waals surface area contributed by atoms with Crippen molar-refractivity contribution in [2.45, 2.75) is 58.0 Å². The van der Waals surface area contributed by atoms with Crippen molar-refractivity contribution in [1.82, 2.24) is 19.8 Å². The topological polar surface area (TPSA) is 67.2 Å². The summed E-state index contributed by atoms with van der Waals surface area (Å²) in [6, 6.07) is 7.41. The molecular weight excluding hydrogens is 384 g/mol. The van der Waals surface area contributed by atoms with E-state index >= 15 is 0 Å². The Labute approximate surface area is 178 Å². The molecule has 1 aromatic heterocycles. The van der Waals surface area contributed by atoms with Crippen LogP contribution in [-0.4, -0.2) is 51.8 Å². The number of para-hydroxylation sites is 1. The maximum atomic E-state index is 13.1. The van der Waals surface area contributed by atoms with Crippen molar-refractivity contribution >= 4 is 28.6 Å². The van der Waals surface area contributed by atoms with Gasteiger partial charge in [0.25, 0.3) is 5.56 Å². The van der Waals surface area contributed by atoms with Crippen molar-refractivity contribution in [1.29, 1.82) is 0 Å². The molecule has 0 aliphatic carbocycles. The molecule has 1 N–H and O–H groups in total. The summed E-state index contributed by atoms with van der Waals surface area (Å²) in [5.41, 5.74) is 0.641. The molecule has 1 unspecified atom stereocenters. The van der Waals surface area contributed by atoms with Crippen LogP contribution in [-0.2, 0) is 11.3 Å². The van der Waals surface area contributed by atoms with E-state index in [4.69, 9.17) is 4.98 Å². The second kappa shape index (κ2) is 11.4. The minimum atomic E-state index is -0.323. The molecule has 0 bridgehead atoms. The van der Waals surface area contributed by atoms with Crippen molar-refractivity contribution in [2.24, 2.45) is 5.92 Å². The number of aromatic nitrogens is 2. The van der Waals surface area contributed by atoms with Crippen LogP contribution in [0.2, 0.25) is 0 Å². The van der Waals surface area contributed by atoms with Gasteiger partial charge in [-0.2, -0.15) is 0 Å². The summed E-state index contributed by atoms with van der Waals surface area (Å²) in [4.78, 5) is 32.6. The summed E-state index contributed by atoms with van der Waals surface area (Å²) in [6.45, 7) is 14.4. The third kappa shape index (κ3) is 6.57. The fourth-order valence-electron chi connectivity index (χ4n) is 3.09. The number of carbonyl (C=O) groups is 1. The van der Waals surface area contributed by atoms with Crippen LogP contribution in [0.15, 0.2) is 34.2 Å². The predicted molar refractivity (Wildman–Crippen MR) is 122 cm³/mol. The molecule has 6 nitrogen and oxygen atoms in total. The Morgan fingerprint density at radius 3 is 2.55 bits per heavy atom. The maximum Gasteiger partial charge on any atom is 0.262 e. The molecule has 0 fully saturated rings. The van der Waals surface area contributed by atoms with Crippen LogP contribution in [0.1, 0.15) is 41.0 Å². The number of hydrogen-bond acceptors (Lipinski definition) is 5. The average Bonchev–Trinajstić information content (AvgIpc) is 2.71. The second-order valence-electron chi connectivity index (χ2n) is 7.65. The Bertz CT molecular complexity index is 862. The van der Waals surface area contributed by atoms with Crippen molar-refractivity contribution in [3.05, 3.63) is 34.6 Å². The van der Waals surface area contributed by atoms with E-state index in [1.165, 1.54) is 11.8 Å². The molecule has 0 saturated heterocycles. The Hall–Kier alpha value is -1.86. The van der Waals surface area contributed by atoms with Gasteiger partial charge in [-0.15, -0.1) is 0 Å². The van der Waals surface area contributed by atoms with Gasteiger partial charge in [-0.3, -0.25) is 14.2 Å². The fraction of sp³-hybridized carbons (Fsp3) is 0.591. The van der Waals surface area contributed by atoms with Crippen molar-refractivity contribution in [3.63, 3.8) is 0 Å². The van der Waals surface area contributed by atoms with E-state index in [0.29, 0.717) is 35.1 Å². The molecule has 1 atom stereocenters. The molecule has 29 heavy (non-hydrogen) atoms. The zero-order valence-corrected chi connectivity index (χ0v) is 19.1. The number of carbonyl (C=O) groups excluding carboxylic acids is 1. The Balaban J connectivity index is 2.26. The van der Waals surface area contributed by atoms with Crippen LogP contribution in [0.25, 0.3) is 10.9 Å². The van der Waals surface area contributed by atoms with Crippen molar-refractivity contribution in [3.8, 4) is 0 Å². The number of benzene rings is 1. The summed E-state index contributed by atoms with van der Waals surface area (Å²) < 4.78 is 1.74. The largest absolute Gasteiger partial charge is 0.355 e. The molecule has 160 valence electrons. The van der Waals surface area contributed by atoms with Crippen LogP contribution in [0.3, 0.4) is 0 Å². The number of thioether (sulfide) groups is 1. The molecule has 0 aliphatic heterocycles. The molecule has 1 heterocycles. The van der Waals surface area contributed by atoms with E-state index < -0.39 is 0 Å². The lowest BCUT2D eigenvalue weighted by Gasteiger charge is -2.20. The van der Waals surface area contributed by atoms with Gasteiger partial charge in [0.15, 0.2) is 5.16 Å². The Morgan fingerprint density at radius 1 is 1.21 bits per heavy atom. The first-order valence-corrected chi connectivity index (χ1v) is 11.4. The highest BCUT2D eigenvalue weighted by Gasteiger charge is 2.19. The molecule has 0 radical (unpaired) electrons. The van der Waals surface area contributed by atoms with E-state index in [1.807, 2.05) is 31.2 Å². The Morgan fingerprint density at radius 2 is 1.90 bits per heavy atom. The van der Waals surface area contributed by atoms with Crippen LogP contribution >= 0.6 is 11.8 Å². The number of nitrogens with zero attached hydrogens (tertiary/aromatic N) is 3. The van der Waals surface area contributed by atoms with Gasteiger partial charge in [0.2, 0.25) is 5.91 Å². The fourth-order valence-corrected chi connectivity index (χ4v) is 4.05. The zero-order chi connectivity index (χ0) is 21.4. The van der Waals surface area contributed by atoms with E-state index in [0.717, 1.165) is 26.1 Å². The first-order valence-electron chi connectivity index (χ1n) is 10.5. The van der Waals surface area contributed by atoms with Gasteiger partial charge < -0.3 is 10.2 Å². The molecule has 0 aliphatic rings. The summed E-state index contributed by atoms with van der Waals surface area (Å²) in [5.74, 6) is 0.369. The number of nitrogens with one attached hydrogen (secondary N) is 1. The molecule has 1 aromatic carbocycles. The minimum Gasteiger partial charge on any atom is -0.355 e. The number of rotatable bonds is 11. The molecule has 7 heteroatoms. The highest BCUT2D eigenvalue weighted by Crippen LogP contribution is 2.23. The van der Waals surface area contributed by atoms with E-state index in [1.54, 1.807) is 4.57 Å². The van der Waals surface area contributed by atoms with Crippen molar-refractivity contribution < 1.29 is 4.79 Å². The smallest absolute Gasteiger partial charge is 0.262 e. The van der Waals surface area contributed by atoms with Crippen LogP contribution in [0.5, 0.6) is 0 Å². The van der Waals surface area contributed by atoms with Gasteiger partial charge in [0.05, 0.1) is 16.2 Å². The van der Waals surface area contributed by atoms with Crippen LogP contribution in [0.4, 0.5) is 0 Å². The van der Waals surface area contributed by atoms with Gasteiger partial charge in [-0.25, -0.2) is 4.98 Å². The summed E-state index contributed by atoms with van der Waals surface area (Å²) in [7, 11) is 0. The predicted octanol–water partition coefficient (Wildman–Crippen LogP) is 3.38. The minimum absolute atomic E-state index is 0.0270. The molecule has 2 rings (SSSR count). The lowest BCUT2D eigenvalue weighted by atomic mass is 10.2. The monoisotopic (exact) mass is 418 g/mol. The summed E-state index contributed by atoms with van der Waals surface area (Å²) in [6.07, 6.45) is 0.864. The normalized spacial score (nSPS) is 12.7. The highest BCUT2D eigenvalue weighted by atomic mass is 32.2. The maximum absolute atomic E-state index is 13.1. The van der Waals surface area contributed by atoms with Crippen molar-refractivity contribution in [2.75, 3.05) is 26.2 Å². The molecule has 0 spiro atoms. The molecule has 1 amide bonds. The summed E-state index contributed by atoms with van der Waals surface area (Å²) >= 11 is 1.36. The van der Waals surface area contributed by atoms with E-state index in [2.05, 4.69) is 37.9 Å². The quantitative estimate of drug-likeness (QED) is 0.448. The van der Waals surface area contributed by atoms with Gasteiger partial charge in [-0.1, -0.05) is 51.6 Å². The number of hydrogen-bond donors (Lipinski definition) is 1. The molecule has 0 saturated carbocycles. The second-order valence-corrected chi connectivity index (χ2v) is 8.96. The van der Waals surface area contributed by atoms with Gasteiger partial charge in [-0.05, 0) is 51.0 Å². The summed E-state index contributed by atoms with van der Waals surface area (Å²) in [5, 5.41) is 3.88. The lowest BCUT2D eigenvalue weighted by Crippen LogP contribution is -2.34. The van der Waals surface area contributed by atoms with Gasteiger partial charge >= 0.3 is 0 Å². The van der Waals surface area contributed by atoms with Gasteiger partial charge in [0, 0.05) is 13.1 Å². The number of fused-ring (bicyclic) bond motifs is 1. The lowest BCUT2D eigenvalue weighted by molar-refractivity contribution is -0.120. The SMILES string of the molecule is CCN(CC)CCCn1c(SC(C)C(=O)NCC(C)C)nc2ccccc2c1=O. The van der Waals surface area contributed by atoms with E-state index in [-0.39, 0.29) is 16.7 Å². The van der Waals surface area contributed by atoms with Crippen LogP contribution < -0.4 is 10.9 Å². The zero-order valence-electron chi connectivity index (χ0n) is 18.3. The molecule has 2 aromatic rings. The number of amides is 1. The van der Waals surface area contributed by atoms with E-state index in [9.17, 15) is 9.59 Å². The third-order valence-electron chi connectivity index (χ3n) is 4.91. The first-order chi connectivity index (χ1) is 13.9. The van der Waals surface area contributed by atoms with Gasteiger partial charge in [0.1, 0.15) is 0 Å².